The molecule has 0 spiro atoms. The first kappa shape index (κ1) is 21.9. The summed E-state index contributed by atoms with van der Waals surface area (Å²) >= 11 is 0. The molecule has 6 nitrogen and oxygen atoms in total. The van der Waals surface area contributed by atoms with Gasteiger partial charge in [0.25, 0.3) is 0 Å². The zero-order valence-electron chi connectivity index (χ0n) is 17.3. The van der Waals surface area contributed by atoms with Crippen molar-refractivity contribution >= 4 is 17.8 Å². The Morgan fingerprint density at radius 1 is 1.07 bits per heavy atom. The number of piperazine rings is 1. The molecule has 0 aliphatic carbocycles. The topological polar surface area (TPSA) is 84.5 Å². The lowest BCUT2D eigenvalue weighted by Crippen LogP contribution is -2.62. The number of nitrogens with one attached hydrogen (secondary N) is 2. The van der Waals surface area contributed by atoms with Gasteiger partial charge >= 0.3 is 5.97 Å². The second-order valence-corrected chi connectivity index (χ2v) is 8.90. The van der Waals surface area contributed by atoms with E-state index in [1.807, 2.05) is 30.3 Å². The lowest BCUT2D eigenvalue weighted by atomic mass is 9.84. The summed E-state index contributed by atoms with van der Waals surface area (Å²) in [5.74, 6) is -0.646. The summed E-state index contributed by atoms with van der Waals surface area (Å²) in [7, 11) is 0. The average molecular weight is 389 g/mol. The highest BCUT2D eigenvalue weighted by molar-refractivity contribution is 5.98. The second-order valence-electron chi connectivity index (χ2n) is 8.90. The van der Waals surface area contributed by atoms with Crippen molar-refractivity contribution in [1.29, 1.82) is 0 Å². The number of esters is 1. The predicted octanol–water partition coefficient (Wildman–Crippen LogP) is 2.61. The molecule has 28 heavy (non-hydrogen) atoms. The van der Waals surface area contributed by atoms with Gasteiger partial charge in [-0.15, -0.1) is 0 Å². The van der Waals surface area contributed by atoms with E-state index in [0.29, 0.717) is 18.9 Å². The van der Waals surface area contributed by atoms with Gasteiger partial charge in [-0.25, -0.2) is 0 Å². The summed E-state index contributed by atoms with van der Waals surface area (Å²) in [4.78, 5) is 36.6. The smallest absolute Gasteiger partial charge is 0.308 e. The van der Waals surface area contributed by atoms with Crippen molar-refractivity contribution in [2.45, 2.75) is 65.5 Å². The van der Waals surface area contributed by atoms with Crippen LogP contribution in [0.4, 0.5) is 0 Å². The molecule has 2 amide bonds. The van der Waals surface area contributed by atoms with Crippen molar-refractivity contribution in [3.8, 4) is 0 Å². The molecule has 3 atom stereocenters. The fourth-order valence-electron chi connectivity index (χ4n) is 3.56. The Hall–Kier alpha value is -2.37. The molecule has 1 heterocycles. The normalized spacial score (nSPS) is 20.9. The van der Waals surface area contributed by atoms with Gasteiger partial charge in [0.2, 0.25) is 11.8 Å². The molecule has 6 heteroatoms. The molecular weight excluding hydrogens is 356 g/mol. The molecule has 2 N–H and O–H groups in total. The summed E-state index contributed by atoms with van der Waals surface area (Å²) in [6, 6.07) is 7.99. The predicted molar refractivity (Wildman–Crippen MR) is 107 cm³/mol. The van der Waals surface area contributed by atoms with Crippen LogP contribution in [0.3, 0.4) is 0 Å². The van der Waals surface area contributed by atoms with Crippen molar-refractivity contribution in [2.75, 3.05) is 6.61 Å². The Kier molecular flexibility index (Phi) is 7.61. The molecular formula is C22H32N2O4. The van der Waals surface area contributed by atoms with Gasteiger partial charge in [-0.2, -0.15) is 0 Å². The third-order valence-electron chi connectivity index (χ3n) is 4.75. The summed E-state index contributed by atoms with van der Waals surface area (Å²) in [6.07, 6.45) is 2.10. The minimum absolute atomic E-state index is 0.150. The minimum atomic E-state index is -0.876. The van der Waals surface area contributed by atoms with Gasteiger partial charge in [-0.3, -0.25) is 14.4 Å². The number of carbonyl (C=O) groups is 3. The number of carbonyl (C=O) groups excluding carboxylic acids is 3. The first-order chi connectivity index (χ1) is 13.1. The standard InChI is InChI=1S/C22H32N2O4/c1-15(14-22(2,3)4)10-11-28-19(25)13-18-21(27)23-17(20(26)24-18)12-16-8-6-5-7-9-16/h5-9,15,17-18H,10-14H2,1-4H3,(H,23,27)(H,24,26)/t15?,17-,18-/m0/s1. The molecule has 1 unspecified atom stereocenters. The third-order valence-corrected chi connectivity index (χ3v) is 4.75. The number of amides is 2. The van der Waals surface area contributed by atoms with Crippen LogP contribution < -0.4 is 10.6 Å². The van der Waals surface area contributed by atoms with Crippen LogP contribution in [0.25, 0.3) is 0 Å². The van der Waals surface area contributed by atoms with Crippen LogP contribution in [0.15, 0.2) is 30.3 Å². The Balaban J connectivity index is 1.75. The van der Waals surface area contributed by atoms with Crippen LogP contribution in [0, 0.1) is 11.3 Å². The van der Waals surface area contributed by atoms with Crippen LogP contribution in [-0.4, -0.2) is 36.5 Å². The van der Waals surface area contributed by atoms with Crippen molar-refractivity contribution in [3.05, 3.63) is 35.9 Å². The summed E-state index contributed by atoms with van der Waals surface area (Å²) < 4.78 is 5.27. The van der Waals surface area contributed by atoms with Gasteiger partial charge < -0.3 is 15.4 Å². The lowest BCUT2D eigenvalue weighted by Gasteiger charge is -2.29. The van der Waals surface area contributed by atoms with Gasteiger partial charge in [0, 0.05) is 6.42 Å². The van der Waals surface area contributed by atoms with Crippen molar-refractivity contribution in [2.24, 2.45) is 11.3 Å². The maximum absolute atomic E-state index is 12.3. The van der Waals surface area contributed by atoms with E-state index in [9.17, 15) is 14.4 Å². The van der Waals surface area contributed by atoms with Crippen LogP contribution >= 0.6 is 0 Å². The van der Waals surface area contributed by atoms with Gasteiger partial charge in [-0.05, 0) is 29.7 Å². The summed E-state index contributed by atoms with van der Waals surface area (Å²) in [6.45, 7) is 9.02. The SMILES string of the molecule is CC(CCOC(=O)C[C@@H]1NC(=O)[C@H](Cc2ccccc2)NC1=O)CC(C)(C)C. The highest BCUT2D eigenvalue weighted by Gasteiger charge is 2.35. The van der Waals surface area contributed by atoms with Gasteiger partial charge in [-0.1, -0.05) is 58.0 Å². The Morgan fingerprint density at radius 3 is 2.32 bits per heavy atom. The molecule has 1 aliphatic rings. The lowest BCUT2D eigenvalue weighted by molar-refractivity contribution is -0.148. The number of rotatable bonds is 8. The first-order valence-corrected chi connectivity index (χ1v) is 9.94. The van der Waals surface area contributed by atoms with Crippen LogP contribution in [-0.2, 0) is 25.5 Å². The zero-order chi connectivity index (χ0) is 20.7. The Morgan fingerprint density at radius 2 is 1.68 bits per heavy atom. The van der Waals surface area contributed by atoms with E-state index in [4.69, 9.17) is 4.74 Å². The molecule has 1 fully saturated rings. The molecule has 0 radical (unpaired) electrons. The Labute approximate surface area is 167 Å². The maximum Gasteiger partial charge on any atom is 0.308 e. The third kappa shape index (κ3) is 7.33. The maximum atomic E-state index is 12.3. The van der Waals surface area contributed by atoms with E-state index in [2.05, 4.69) is 38.3 Å². The monoisotopic (exact) mass is 388 g/mol. The summed E-state index contributed by atoms with van der Waals surface area (Å²) in [5.41, 5.74) is 1.20. The Bertz CT molecular complexity index is 682. The molecule has 154 valence electrons. The van der Waals surface area contributed by atoms with Crippen molar-refractivity contribution in [3.63, 3.8) is 0 Å². The number of benzene rings is 1. The average Bonchev–Trinajstić information content (AvgIpc) is 2.58. The zero-order valence-corrected chi connectivity index (χ0v) is 17.3. The van der Waals surface area contributed by atoms with E-state index >= 15 is 0 Å². The first-order valence-electron chi connectivity index (χ1n) is 9.94. The highest BCUT2D eigenvalue weighted by atomic mass is 16.5. The quantitative estimate of drug-likeness (QED) is 0.671. The summed E-state index contributed by atoms with van der Waals surface area (Å²) in [5, 5.41) is 5.36. The molecule has 1 aromatic rings. The van der Waals surface area contributed by atoms with Gasteiger partial charge in [0.05, 0.1) is 13.0 Å². The molecule has 1 saturated heterocycles. The largest absolute Gasteiger partial charge is 0.466 e. The van der Waals surface area contributed by atoms with E-state index < -0.39 is 18.1 Å². The van der Waals surface area contributed by atoms with Crippen molar-refractivity contribution in [1.82, 2.24) is 10.6 Å². The molecule has 2 rings (SSSR count). The number of hydrogen-bond donors (Lipinski definition) is 2. The molecule has 0 bridgehead atoms. The number of hydrogen-bond acceptors (Lipinski definition) is 4. The van der Waals surface area contributed by atoms with E-state index in [1.54, 1.807) is 0 Å². The minimum Gasteiger partial charge on any atom is -0.466 e. The second kappa shape index (κ2) is 9.71. The number of ether oxygens (including phenoxy) is 1. The fraction of sp³-hybridized carbons (Fsp3) is 0.591. The van der Waals surface area contributed by atoms with E-state index in [0.717, 1.165) is 18.4 Å². The fourth-order valence-corrected chi connectivity index (χ4v) is 3.56. The van der Waals surface area contributed by atoms with Crippen LogP contribution in [0.5, 0.6) is 0 Å². The van der Waals surface area contributed by atoms with Gasteiger partial charge in [0.15, 0.2) is 0 Å². The molecule has 1 aliphatic heterocycles. The van der Waals surface area contributed by atoms with E-state index in [1.165, 1.54) is 0 Å². The highest BCUT2D eigenvalue weighted by Crippen LogP contribution is 2.25. The molecule has 0 aromatic heterocycles. The molecule has 1 aromatic carbocycles. The molecule has 0 saturated carbocycles. The van der Waals surface area contributed by atoms with Crippen LogP contribution in [0.1, 0.15) is 52.5 Å². The van der Waals surface area contributed by atoms with Crippen LogP contribution in [0.2, 0.25) is 0 Å². The van der Waals surface area contributed by atoms with Gasteiger partial charge in [0.1, 0.15) is 12.1 Å². The van der Waals surface area contributed by atoms with E-state index in [-0.39, 0.29) is 23.7 Å². The van der Waals surface area contributed by atoms with Crippen molar-refractivity contribution < 1.29 is 19.1 Å².